The molecule has 0 saturated carbocycles. The minimum Gasteiger partial charge on any atom is -0.450 e. The summed E-state index contributed by atoms with van der Waals surface area (Å²) in [5.41, 5.74) is 3.38. The Hall–Kier alpha value is -3.02. The molecule has 1 saturated heterocycles. The van der Waals surface area contributed by atoms with E-state index >= 15 is 0 Å². The molecule has 0 bridgehead atoms. The molecule has 1 fully saturated rings. The largest absolute Gasteiger partial charge is 0.450 e. The molecular formula is C24H31N3O3. The van der Waals surface area contributed by atoms with Crippen molar-refractivity contribution in [3.05, 3.63) is 65.7 Å². The molecule has 0 aliphatic carbocycles. The number of hydrogen-bond acceptors (Lipinski definition) is 4. The quantitative estimate of drug-likeness (QED) is 0.757. The third-order valence-electron chi connectivity index (χ3n) is 5.34. The van der Waals surface area contributed by atoms with Crippen molar-refractivity contribution >= 4 is 17.7 Å². The second-order valence-electron chi connectivity index (χ2n) is 7.70. The number of carbonyl (C=O) groups is 2. The Bertz CT molecular complexity index is 815. The zero-order valence-electron chi connectivity index (χ0n) is 17.8. The molecule has 30 heavy (non-hydrogen) atoms. The normalized spacial score (nSPS) is 14.3. The second-order valence-corrected chi connectivity index (χ2v) is 7.70. The highest BCUT2D eigenvalue weighted by Gasteiger charge is 2.25. The molecule has 3 rings (SSSR count). The fraction of sp³-hybridized carbons (Fsp3) is 0.417. The molecule has 2 amide bonds. The zero-order valence-corrected chi connectivity index (χ0v) is 17.8. The number of rotatable bonds is 7. The van der Waals surface area contributed by atoms with Gasteiger partial charge in [-0.05, 0) is 44.4 Å². The van der Waals surface area contributed by atoms with E-state index < -0.39 is 0 Å². The van der Waals surface area contributed by atoms with Crippen LogP contribution in [0.15, 0.2) is 54.6 Å². The lowest BCUT2D eigenvalue weighted by Gasteiger charge is -2.32. The molecule has 0 radical (unpaired) electrons. The number of hydrogen-bond donors (Lipinski definition) is 1. The Kier molecular flexibility index (Phi) is 7.71. The van der Waals surface area contributed by atoms with Gasteiger partial charge >= 0.3 is 6.09 Å². The van der Waals surface area contributed by atoms with Crippen LogP contribution in [-0.4, -0.2) is 49.2 Å². The monoisotopic (exact) mass is 409 g/mol. The Morgan fingerprint density at radius 3 is 2.37 bits per heavy atom. The first kappa shape index (κ1) is 21.7. The van der Waals surface area contributed by atoms with E-state index in [1.165, 1.54) is 5.56 Å². The fourth-order valence-electron chi connectivity index (χ4n) is 3.67. The molecule has 1 heterocycles. The van der Waals surface area contributed by atoms with Crippen molar-refractivity contribution in [2.45, 2.75) is 39.3 Å². The Morgan fingerprint density at radius 2 is 1.73 bits per heavy atom. The number of nitrogens with one attached hydrogen (secondary N) is 1. The Balaban J connectivity index is 1.58. The molecule has 6 heteroatoms. The highest BCUT2D eigenvalue weighted by atomic mass is 16.6. The maximum Gasteiger partial charge on any atom is 0.409 e. The standard InChI is InChI=1S/C24H31N3O3/c1-3-30-24(29)26-15-13-21(14-16-26)25-23(28)18-27(17-20-7-5-4-6-8-20)22-11-9-19(2)10-12-22/h4-12,21H,3,13-18H2,1-2H3,(H,25,28). The molecule has 2 aromatic rings. The van der Waals surface area contributed by atoms with Gasteiger partial charge in [-0.15, -0.1) is 0 Å². The minimum atomic E-state index is -0.268. The van der Waals surface area contributed by atoms with Gasteiger partial charge in [-0.2, -0.15) is 0 Å². The van der Waals surface area contributed by atoms with Gasteiger partial charge in [0.2, 0.25) is 5.91 Å². The number of likely N-dealkylation sites (tertiary alicyclic amines) is 1. The van der Waals surface area contributed by atoms with E-state index in [0.717, 1.165) is 24.1 Å². The number of piperidine rings is 1. The van der Waals surface area contributed by atoms with Gasteiger partial charge in [-0.25, -0.2) is 4.79 Å². The van der Waals surface area contributed by atoms with Gasteiger partial charge < -0.3 is 19.9 Å². The Labute approximate surface area is 178 Å². The highest BCUT2D eigenvalue weighted by Crippen LogP contribution is 2.18. The molecular weight excluding hydrogens is 378 g/mol. The average Bonchev–Trinajstić information content (AvgIpc) is 2.75. The highest BCUT2D eigenvalue weighted by molar-refractivity contribution is 5.81. The molecule has 0 atom stereocenters. The van der Waals surface area contributed by atoms with Gasteiger partial charge in [-0.3, -0.25) is 4.79 Å². The fourth-order valence-corrected chi connectivity index (χ4v) is 3.67. The zero-order chi connectivity index (χ0) is 21.3. The lowest BCUT2D eigenvalue weighted by Crippen LogP contribution is -2.48. The van der Waals surface area contributed by atoms with Crippen LogP contribution < -0.4 is 10.2 Å². The number of benzene rings is 2. The second kappa shape index (κ2) is 10.7. The number of anilines is 1. The van der Waals surface area contributed by atoms with Crippen LogP contribution in [0.2, 0.25) is 0 Å². The van der Waals surface area contributed by atoms with Crippen molar-refractivity contribution < 1.29 is 14.3 Å². The van der Waals surface area contributed by atoms with Gasteiger partial charge in [0.1, 0.15) is 0 Å². The SMILES string of the molecule is CCOC(=O)N1CCC(NC(=O)CN(Cc2ccccc2)c2ccc(C)cc2)CC1. The van der Waals surface area contributed by atoms with Crippen LogP contribution in [0.1, 0.15) is 30.9 Å². The first-order valence-corrected chi connectivity index (χ1v) is 10.6. The first-order valence-electron chi connectivity index (χ1n) is 10.6. The van der Waals surface area contributed by atoms with Crippen LogP contribution in [0.3, 0.4) is 0 Å². The molecule has 0 aromatic heterocycles. The van der Waals surface area contributed by atoms with Crippen molar-refractivity contribution in [2.75, 3.05) is 31.1 Å². The van der Waals surface area contributed by atoms with Crippen molar-refractivity contribution in [1.29, 1.82) is 0 Å². The lowest BCUT2D eigenvalue weighted by molar-refractivity contribution is -0.120. The summed E-state index contributed by atoms with van der Waals surface area (Å²) in [4.78, 5) is 28.5. The molecule has 160 valence electrons. The van der Waals surface area contributed by atoms with E-state index in [2.05, 4.69) is 53.5 Å². The number of aryl methyl sites for hydroxylation is 1. The van der Waals surface area contributed by atoms with Crippen LogP contribution in [0.5, 0.6) is 0 Å². The van der Waals surface area contributed by atoms with Crippen LogP contribution >= 0.6 is 0 Å². The molecule has 0 unspecified atom stereocenters. The van der Waals surface area contributed by atoms with Gasteiger partial charge in [0.25, 0.3) is 0 Å². The molecule has 0 spiro atoms. The summed E-state index contributed by atoms with van der Waals surface area (Å²) in [6.45, 7) is 6.41. The molecule has 1 aliphatic rings. The average molecular weight is 410 g/mol. The van der Waals surface area contributed by atoms with E-state index in [1.807, 2.05) is 18.2 Å². The van der Waals surface area contributed by atoms with Gasteiger partial charge in [0, 0.05) is 31.4 Å². The summed E-state index contributed by atoms with van der Waals surface area (Å²) in [5, 5.41) is 3.15. The Morgan fingerprint density at radius 1 is 1.07 bits per heavy atom. The van der Waals surface area contributed by atoms with E-state index in [9.17, 15) is 9.59 Å². The lowest BCUT2D eigenvalue weighted by atomic mass is 10.1. The van der Waals surface area contributed by atoms with Gasteiger partial charge in [0.15, 0.2) is 0 Å². The van der Waals surface area contributed by atoms with Crippen molar-refractivity contribution in [2.24, 2.45) is 0 Å². The predicted molar refractivity (Wildman–Crippen MR) is 118 cm³/mol. The van der Waals surface area contributed by atoms with Crippen LogP contribution in [0.4, 0.5) is 10.5 Å². The van der Waals surface area contributed by atoms with Crippen LogP contribution in [-0.2, 0) is 16.1 Å². The van der Waals surface area contributed by atoms with E-state index in [1.54, 1.807) is 11.8 Å². The summed E-state index contributed by atoms with van der Waals surface area (Å²) in [6, 6.07) is 18.5. The summed E-state index contributed by atoms with van der Waals surface area (Å²) < 4.78 is 5.06. The number of carbonyl (C=O) groups excluding carboxylic acids is 2. The molecule has 1 aliphatic heterocycles. The number of ether oxygens (including phenoxy) is 1. The van der Waals surface area contributed by atoms with Crippen molar-refractivity contribution in [3.8, 4) is 0 Å². The topological polar surface area (TPSA) is 61.9 Å². The summed E-state index contributed by atoms with van der Waals surface area (Å²) >= 11 is 0. The first-order chi connectivity index (χ1) is 14.5. The van der Waals surface area contributed by atoms with E-state index in [4.69, 9.17) is 4.74 Å². The van der Waals surface area contributed by atoms with Crippen LogP contribution in [0, 0.1) is 6.92 Å². The van der Waals surface area contributed by atoms with Crippen molar-refractivity contribution in [1.82, 2.24) is 10.2 Å². The van der Waals surface area contributed by atoms with Crippen LogP contribution in [0.25, 0.3) is 0 Å². The van der Waals surface area contributed by atoms with Crippen molar-refractivity contribution in [3.63, 3.8) is 0 Å². The number of nitrogens with zero attached hydrogens (tertiary/aromatic N) is 2. The smallest absolute Gasteiger partial charge is 0.409 e. The summed E-state index contributed by atoms with van der Waals surface area (Å²) in [5.74, 6) is 0.00101. The number of amides is 2. The third kappa shape index (κ3) is 6.24. The maximum absolute atomic E-state index is 12.8. The summed E-state index contributed by atoms with van der Waals surface area (Å²) in [7, 11) is 0. The van der Waals surface area contributed by atoms with E-state index in [-0.39, 0.29) is 24.6 Å². The predicted octanol–water partition coefficient (Wildman–Crippen LogP) is 3.74. The summed E-state index contributed by atoms with van der Waals surface area (Å²) in [6.07, 6.45) is 1.22. The van der Waals surface area contributed by atoms with E-state index in [0.29, 0.717) is 26.2 Å². The molecule has 1 N–H and O–H groups in total. The van der Waals surface area contributed by atoms with Gasteiger partial charge in [0.05, 0.1) is 13.2 Å². The molecule has 2 aromatic carbocycles. The minimum absolute atomic E-state index is 0.00101. The third-order valence-corrected chi connectivity index (χ3v) is 5.34. The molecule has 6 nitrogen and oxygen atoms in total. The maximum atomic E-state index is 12.8. The van der Waals surface area contributed by atoms with Gasteiger partial charge in [-0.1, -0.05) is 48.0 Å².